The van der Waals surface area contributed by atoms with Crippen LogP contribution in [0.4, 0.5) is 5.69 Å². The summed E-state index contributed by atoms with van der Waals surface area (Å²) in [4.78, 5) is 34.3. The van der Waals surface area contributed by atoms with Gasteiger partial charge in [-0.1, -0.05) is 19.3 Å². The molecular weight excluding hydrogens is 480 g/mol. The van der Waals surface area contributed by atoms with E-state index in [-0.39, 0.29) is 11.8 Å². The van der Waals surface area contributed by atoms with Gasteiger partial charge in [0, 0.05) is 40.4 Å². The number of anilines is 1. The summed E-state index contributed by atoms with van der Waals surface area (Å²) in [5, 5.41) is 11.5. The van der Waals surface area contributed by atoms with E-state index >= 15 is 0 Å². The number of nitrogens with zero attached hydrogens (tertiary/aromatic N) is 5. The van der Waals surface area contributed by atoms with Gasteiger partial charge in [-0.05, 0) is 31.0 Å². The second-order valence-corrected chi connectivity index (χ2v) is 9.65. The minimum atomic E-state index is 0.0679. The molecule has 0 spiro atoms. The molecule has 1 aliphatic rings. The van der Waals surface area contributed by atoms with Gasteiger partial charge in [-0.2, -0.15) is 5.10 Å². The second kappa shape index (κ2) is 9.22. The minimum Gasteiger partial charge on any atom is -0.472 e. The minimum absolute atomic E-state index is 0.0679. The Morgan fingerprint density at radius 1 is 0.974 bits per heavy atom. The van der Waals surface area contributed by atoms with E-state index in [1.165, 1.54) is 6.42 Å². The van der Waals surface area contributed by atoms with Crippen LogP contribution in [-0.4, -0.2) is 41.0 Å². The van der Waals surface area contributed by atoms with E-state index in [1.54, 1.807) is 43.5 Å². The van der Waals surface area contributed by atoms with Gasteiger partial charge in [0.25, 0.3) is 0 Å². The summed E-state index contributed by atoms with van der Waals surface area (Å²) in [5.74, 6) is 0.759. The number of carbonyl (C=O) groups excluding carboxylic acids is 1. The molecule has 0 atom stereocenters. The molecular formula is C28H24N8O2. The molecule has 6 aromatic rings. The molecule has 6 aromatic heterocycles. The van der Waals surface area contributed by atoms with E-state index in [4.69, 9.17) is 9.40 Å². The maximum absolute atomic E-state index is 12.7. The summed E-state index contributed by atoms with van der Waals surface area (Å²) < 4.78 is 5.25. The highest BCUT2D eigenvalue weighted by molar-refractivity contribution is 5.97. The first kappa shape index (κ1) is 22.3. The van der Waals surface area contributed by atoms with Crippen LogP contribution in [-0.2, 0) is 4.79 Å². The molecule has 10 nitrogen and oxygen atoms in total. The van der Waals surface area contributed by atoms with Crippen LogP contribution in [0.3, 0.4) is 0 Å². The van der Waals surface area contributed by atoms with Gasteiger partial charge in [-0.15, -0.1) is 0 Å². The average molecular weight is 505 g/mol. The van der Waals surface area contributed by atoms with Crippen LogP contribution >= 0.6 is 0 Å². The third kappa shape index (κ3) is 4.00. The zero-order valence-corrected chi connectivity index (χ0v) is 20.4. The monoisotopic (exact) mass is 504 g/mol. The van der Waals surface area contributed by atoms with Crippen molar-refractivity contribution in [3.8, 4) is 33.9 Å². The van der Waals surface area contributed by atoms with E-state index in [1.807, 2.05) is 18.2 Å². The lowest BCUT2D eigenvalue weighted by Gasteiger charge is -2.20. The topological polar surface area (TPSA) is 138 Å². The molecule has 0 aromatic carbocycles. The van der Waals surface area contributed by atoms with Crippen LogP contribution in [0.5, 0.6) is 0 Å². The van der Waals surface area contributed by atoms with Crippen molar-refractivity contribution in [1.82, 2.24) is 35.1 Å². The third-order valence-corrected chi connectivity index (χ3v) is 7.18. The quantitative estimate of drug-likeness (QED) is 0.272. The lowest BCUT2D eigenvalue weighted by Crippen LogP contribution is -2.24. The first-order valence-electron chi connectivity index (χ1n) is 12.7. The zero-order valence-electron chi connectivity index (χ0n) is 20.4. The van der Waals surface area contributed by atoms with Crippen LogP contribution in [0.1, 0.15) is 32.1 Å². The molecule has 38 heavy (non-hydrogen) atoms. The van der Waals surface area contributed by atoms with Gasteiger partial charge < -0.3 is 14.7 Å². The number of amides is 1. The molecule has 1 saturated carbocycles. The lowest BCUT2D eigenvalue weighted by molar-refractivity contribution is -0.120. The summed E-state index contributed by atoms with van der Waals surface area (Å²) in [5.41, 5.74) is 7.02. The van der Waals surface area contributed by atoms with Gasteiger partial charge in [0.1, 0.15) is 11.2 Å². The van der Waals surface area contributed by atoms with Gasteiger partial charge in [0.15, 0.2) is 5.82 Å². The van der Waals surface area contributed by atoms with Gasteiger partial charge in [0.2, 0.25) is 5.91 Å². The first-order valence-corrected chi connectivity index (χ1v) is 12.7. The summed E-state index contributed by atoms with van der Waals surface area (Å²) >= 11 is 0. The average Bonchev–Trinajstić information content (AvgIpc) is 3.73. The van der Waals surface area contributed by atoms with Crippen molar-refractivity contribution >= 4 is 33.5 Å². The zero-order chi connectivity index (χ0) is 25.5. The predicted octanol–water partition coefficient (Wildman–Crippen LogP) is 5.74. The van der Waals surface area contributed by atoms with Gasteiger partial charge >= 0.3 is 0 Å². The number of furan rings is 1. The van der Waals surface area contributed by atoms with E-state index in [2.05, 4.69) is 35.5 Å². The molecule has 7 rings (SSSR count). The fourth-order valence-corrected chi connectivity index (χ4v) is 5.19. The van der Waals surface area contributed by atoms with Crippen LogP contribution in [0.15, 0.2) is 66.1 Å². The molecule has 10 heteroatoms. The molecule has 188 valence electrons. The van der Waals surface area contributed by atoms with Gasteiger partial charge in [-0.3, -0.25) is 24.8 Å². The molecule has 1 amide bonds. The highest BCUT2D eigenvalue weighted by Gasteiger charge is 2.21. The van der Waals surface area contributed by atoms with Crippen molar-refractivity contribution in [2.75, 3.05) is 5.32 Å². The maximum atomic E-state index is 12.7. The van der Waals surface area contributed by atoms with E-state index in [9.17, 15) is 4.79 Å². The number of carbonyl (C=O) groups is 1. The van der Waals surface area contributed by atoms with Crippen molar-refractivity contribution in [3.05, 3.63) is 61.7 Å². The summed E-state index contributed by atoms with van der Waals surface area (Å²) in [6, 6.07) is 5.75. The normalized spacial score (nSPS) is 14.3. The molecule has 0 aliphatic heterocycles. The number of aromatic nitrogens is 7. The maximum Gasteiger partial charge on any atom is 0.227 e. The predicted molar refractivity (Wildman–Crippen MR) is 143 cm³/mol. The van der Waals surface area contributed by atoms with Crippen LogP contribution < -0.4 is 5.32 Å². The molecule has 1 fully saturated rings. The molecule has 0 saturated heterocycles. The molecule has 1 aliphatic carbocycles. The molecule has 0 bridgehead atoms. The van der Waals surface area contributed by atoms with Gasteiger partial charge in [-0.25, -0.2) is 4.98 Å². The molecule has 0 unspecified atom stereocenters. The Morgan fingerprint density at radius 2 is 1.87 bits per heavy atom. The van der Waals surface area contributed by atoms with Crippen LogP contribution in [0.2, 0.25) is 0 Å². The van der Waals surface area contributed by atoms with Crippen LogP contribution in [0.25, 0.3) is 55.8 Å². The second-order valence-electron chi connectivity index (χ2n) is 9.65. The molecule has 6 heterocycles. The summed E-state index contributed by atoms with van der Waals surface area (Å²) in [7, 11) is 0. The van der Waals surface area contributed by atoms with E-state index in [0.29, 0.717) is 17.2 Å². The Morgan fingerprint density at radius 3 is 2.74 bits per heavy atom. The highest BCUT2D eigenvalue weighted by Crippen LogP contribution is 2.32. The lowest BCUT2D eigenvalue weighted by atomic mass is 9.88. The Kier molecular flexibility index (Phi) is 5.42. The number of fused-ring (bicyclic) bond motifs is 2. The van der Waals surface area contributed by atoms with Crippen molar-refractivity contribution in [1.29, 1.82) is 0 Å². The third-order valence-electron chi connectivity index (χ3n) is 7.18. The largest absolute Gasteiger partial charge is 0.472 e. The Labute approximate surface area is 217 Å². The SMILES string of the molecule is O=C(Nc1cncc(-c2cc3c(-c4nc5c(-c6ccoc6)cncc5[nH]4)n[nH]c3cn2)c1)C1CCCCC1. The highest BCUT2D eigenvalue weighted by atomic mass is 16.3. The standard InChI is InChI=1S/C28H24N8O2/c37-28(16-4-2-1-3-5-16)32-19-8-18(10-29-11-19)22-9-20-23(14-31-22)35-36-26(20)27-33-24-13-30-12-21(25(24)34-27)17-6-7-38-15-17/h6-16H,1-5H2,(H,32,37)(H,33,34)(H,35,36). The fourth-order valence-electron chi connectivity index (χ4n) is 5.19. The smallest absolute Gasteiger partial charge is 0.227 e. The molecule has 0 radical (unpaired) electrons. The Bertz CT molecular complexity index is 1760. The van der Waals surface area contributed by atoms with E-state index in [0.717, 1.165) is 70.0 Å². The number of imidazole rings is 1. The van der Waals surface area contributed by atoms with Crippen molar-refractivity contribution in [3.63, 3.8) is 0 Å². The summed E-state index contributed by atoms with van der Waals surface area (Å²) in [6.07, 6.45) is 17.3. The summed E-state index contributed by atoms with van der Waals surface area (Å²) in [6.45, 7) is 0. The molecule has 3 N–H and O–H groups in total. The van der Waals surface area contributed by atoms with Crippen LogP contribution in [0, 0.1) is 5.92 Å². The number of hydrogen-bond acceptors (Lipinski definition) is 7. The number of nitrogens with one attached hydrogen (secondary N) is 3. The van der Waals surface area contributed by atoms with Crippen molar-refractivity contribution in [2.24, 2.45) is 5.92 Å². The number of aromatic amines is 2. The number of rotatable bonds is 5. The first-order chi connectivity index (χ1) is 18.7. The number of H-pyrrole nitrogens is 2. The Hall–Kier alpha value is -4.86. The number of hydrogen-bond donors (Lipinski definition) is 3. The van der Waals surface area contributed by atoms with Crippen molar-refractivity contribution in [2.45, 2.75) is 32.1 Å². The number of pyridine rings is 3. The van der Waals surface area contributed by atoms with E-state index < -0.39 is 0 Å². The Balaban J connectivity index is 1.23. The fraction of sp³-hybridized carbons (Fsp3) is 0.214. The van der Waals surface area contributed by atoms with Crippen molar-refractivity contribution < 1.29 is 9.21 Å². The van der Waals surface area contributed by atoms with Gasteiger partial charge in [0.05, 0.1) is 53.5 Å².